The van der Waals surface area contributed by atoms with Gasteiger partial charge in [-0.15, -0.1) is 0 Å². The lowest BCUT2D eigenvalue weighted by Gasteiger charge is -2.30. The van der Waals surface area contributed by atoms with Crippen molar-refractivity contribution in [2.75, 3.05) is 13.6 Å². The number of hydrogen-bond donors (Lipinski definition) is 1. The number of carbonyl (C=O) groups is 1. The molecule has 1 aliphatic rings. The number of rotatable bonds is 4. The Morgan fingerprint density at radius 3 is 2.44 bits per heavy atom. The Hall–Kier alpha value is -2.92. The van der Waals surface area contributed by atoms with Crippen LogP contribution in [0.15, 0.2) is 59.1 Å². The van der Waals surface area contributed by atoms with Crippen molar-refractivity contribution in [3.8, 4) is 22.4 Å². The van der Waals surface area contributed by atoms with Crippen molar-refractivity contribution in [1.29, 1.82) is 0 Å². The third-order valence-corrected chi connectivity index (χ3v) is 5.30. The second kappa shape index (κ2) is 7.37. The van der Waals surface area contributed by atoms with Crippen LogP contribution in [-0.2, 0) is 17.8 Å². The van der Waals surface area contributed by atoms with Gasteiger partial charge in [0.15, 0.2) is 0 Å². The van der Waals surface area contributed by atoms with Gasteiger partial charge in [-0.3, -0.25) is 9.69 Å². The standard InChI is InChI=1S/C22H23N3O2/c1-15(22(26)23-2)25-13-12-20-19(14-25)21(24-27-20)18-10-8-17(9-11-18)16-6-4-3-5-7-16/h3-11,15H,12-14H2,1-2H3,(H,23,26)/t15-/m1/s1. The van der Waals surface area contributed by atoms with E-state index in [9.17, 15) is 4.79 Å². The highest BCUT2D eigenvalue weighted by molar-refractivity contribution is 5.81. The lowest BCUT2D eigenvalue weighted by atomic mass is 9.98. The minimum atomic E-state index is -0.175. The number of hydrogen-bond acceptors (Lipinski definition) is 4. The predicted molar refractivity (Wildman–Crippen MR) is 105 cm³/mol. The number of benzene rings is 2. The zero-order valence-electron chi connectivity index (χ0n) is 15.6. The molecule has 0 spiro atoms. The quantitative estimate of drug-likeness (QED) is 0.773. The summed E-state index contributed by atoms with van der Waals surface area (Å²) < 4.78 is 5.59. The summed E-state index contributed by atoms with van der Waals surface area (Å²) in [6.45, 7) is 3.40. The molecule has 0 unspecified atom stereocenters. The van der Waals surface area contributed by atoms with Gasteiger partial charge in [-0.25, -0.2) is 0 Å². The van der Waals surface area contributed by atoms with E-state index in [-0.39, 0.29) is 11.9 Å². The van der Waals surface area contributed by atoms with Crippen molar-refractivity contribution in [1.82, 2.24) is 15.4 Å². The topological polar surface area (TPSA) is 58.4 Å². The Bertz CT molecular complexity index is 932. The lowest BCUT2D eigenvalue weighted by molar-refractivity contribution is -0.125. The Labute approximate surface area is 159 Å². The number of likely N-dealkylation sites (N-methyl/N-ethyl adjacent to an activating group) is 1. The zero-order valence-corrected chi connectivity index (χ0v) is 15.6. The Kier molecular flexibility index (Phi) is 4.77. The molecule has 1 aromatic heterocycles. The summed E-state index contributed by atoms with van der Waals surface area (Å²) in [5.74, 6) is 0.959. The maximum Gasteiger partial charge on any atom is 0.236 e. The van der Waals surface area contributed by atoms with Crippen LogP contribution in [0.5, 0.6) is 0 Å². The van der Waals surface area contributed by atoms with E-state index in [0.29, 0.717) is 6.54 Å². The number of fused-ring (bicyclic) bond motifs is 1. The number of nitrogens with zero attached hydrogens (tertiary/aromatic N) is 2. The summed E-state index contributed by atoms with van der Waals surface area (Å²) in [5.41, 5.74) is 5.36. The summed E-state index contributed by atoms with van der Waals surface area (Å²) in [6, 6.07) is 18.5. The first-order chi connectivity index (χ1) is 13.2. The molecule has 0 saturated carbocycles. The third-order valence-electron chi connectivity index (χ3n) is 5.30. The fourth-order valence-corrected chi connectivity index (χ4v) is 3.61. The minimum absolute atomic E-state index is 0.0312. The van der Waals surface area contributed by atoms with Crippen LogP contribution in [0.4, 0.5) is 0 Å². The van der Waals surface area contributed by atoms with Crippen LogP contribution in [0.2, 0.25) is 0 Å². The number of amides is 1. The van der Waals surface area contributed by atoms with Crippen LogP contribution >= 0.6 is 0 Å². The molecule has 27 heavy (non-hydrogen) atoms. The van der Waals surface area contributed by atoms with Crippen LogP contribution in [0.1, 0.15) is 18.2 Å². The van der Waals surface area contributed by atoms with Crippen LogP contribution in [-0.4, -0.2) is 35.6 Å². The van der Waals surface area contributed by atoms with E-state index in [0.717, 1.165) is 35.5 Å². The minimum Gasteiger partial charge on any atom is -0.360 e. The van der Waals surface area contributed by atoms with Crippen LogP contribution in [0, 0.1) is 0 Å². The Morgan fingerprint density at radius 2 is 1.74 bits per heavy atom. The van der Waals surface area contributed by atoms with Crippen molar-refractivity contribution in [3.63, 3.8) is 0 Å². The molecule has 1 N–H and O–H groups in total. The van der Waals surface area contributed by atoms with Crippen molar-refractivity contribution < 1.29 is 9.32 Å². The summed E-state index contributed by atoms with van der Waals surface area (Å²) >= 11 is 0. The van der Waals surface area contributed by atoms with Crippen molar-refractivity contribution in [3.05, 3.63) is 65.9 Å². The normalized spacial score (nSPS) is 15.2. The smallest absolute Gasteiger partial charge is 0.236 e. The van der Waals surface area contributed by atoms with Gasteiger partial charge in [-0.05, 0) is 18.1 Å². The molecule has 5 heteroatoms. The highest BCUT2D eigenvalue weighted by atomic mass is 16.5. The van der Waals surface area contributed by atoms with Gasteiger partial charge in [-0.2, -0.15) is 0 Å². The van der Waals surface area contributed by atoms with E-state index in [1.807, 2.05) is 25.1 Å². The average Bonchev–Trinajstić information content (AvgIpc) is 3.16. The zero-order chi connectivity index (χ0) is 18.8. The lowest BCUT2D eigenvalue weighted by Crippen LogP contribution is -2.45. The summed E-state index contributed by atoms with van der Waals surface area (Å²) in [6.07, 6.45) is 0.770. The molecule has 0 fully saturated rings. The predicted octanol–water partition coefficient (Wildman–Crippen LogP) is 3.50. The maximum atomic E-state index is 12.0. The van der Waals surface area contributed by atoms with Crippen molar-refractivity contribution in [2.45, 2.75) is 25.9 Å². The molecule has 2 heterocycles. The van der Waals surface area contributed by atoms with Crippen LogP contribution in [0.25, 0.3) is 22.4 Å². The fourth-order valence-electron chi connectivity index (χ4n) is 3.61. The molecule has 3 aromatic rings. The summed E-state index contributed by atoms with van der Waals surface area (Å²) in [7, 11) is 1.67. The average molecular weight is 361 g/mol. The van der Waals surface area contributed by atoms with Gasteiger partial charge in [0, 0.05) is 37.7 Å². The largest absolute Gasteiger partial charge is 0.360 e. The maximum absolute atomic E-state index is 12.0. The van der Waals surface area contributed by atoms with E-state index in [4.69, 9.17) is 4.52 Å². The van der Waals surface area contributed by atoms with Gasteiger partial charge in [0.1, 0.15) is 11.5 Å². The highest BCUT2D eigenvalue weighted by Crippen LogP contribution is 2.32. The number of aromatic nitrogens is 1. The van der Waals surface area contributed by atoms with Crippen molar-refractivity contribution in [2.24, 2.45) is 0 Å². The monoisotopic (exact) mass is 361 g/mol. The first kappa shape index (κ1) is 17.5. The third kappa shape index (κ3) is 3.38. The first-order valence-electron chi connectivity index (χ1n) is 9.26. The first-order valence-corrected chi connectivity index (χ1v) is 9.26. The summed E-state index contributed by atoms with van der Waals surface area (Å²) in [4.78, 5) is 14.2. The van der Waals surface area contributed by atoms with E-state index >= 15 is 0 Å². The molecule has 0 radical (unpaired) electrons. The Balaban J connectivity index is 1.60. The highest BCUT2D eigenvalue weighted by Gasteiger charge is 2.29. The molecule has 5 nitrogen and oxygen atoms in total. The van der Waals surface area contributed by atoms with Gasteiger partial charge in [0.25, 0.3) is 0 Å². The summed E-state index contributed by atoms with van der Waals surface area (Å²) in [5, 5.41) is 7.06. The van der Waals surface area contributed by atoms with Gasteiger partial charge in [0.05, 0.1) is 6.04 Å². The second-order valence-corrected chi connectivity index (χ2v) is 6.89. The molecule has 138 valence electrons. The number of nitrogens with one attached hydrogen (secondary N) is 1. The second-order valence-electron chi connectivity index (χ2n) is 6.89. The fraction of sp³-hybridized carbons (Fsp3) is 0.273. The van der Waals surface area contributed by atoms with E-state index < -0.39 is 0 Å². The molecule has 1 aliphatic heterocycles. The van der Waals surface area contributed by atoms with Gasteiger partial charge in [0.2, 0.25) is 5.91 Å². The van der Waals surface area contributed by atoms with Crippen LogP contribution < -0.4 is 5.32 Å². The van der Waals surface area contributed by atoms with Crippen molar-refractivity contribution >= 4 is 5.91 Å². The SMILES string of the molecule is CNC(=O)[C@@H](C)N1CCc2onc(-c3ccc(-c4ccccc4)cc3)c2C1. The molecular formula is C22H23N3O2. The molecule has 0 aliphatic carbocycles. The van der Waals surface area contributed by atoms with Gasteiger partial charge in [-0.1, -0.05) is 59.8 Å². The van der Waals surface area contributed by atoms with Gasteiger partial charge < -0.3 is 9.84 Å². The molecule has 1 amide bonds. The van der Waals surface area contributed by atoms with E-state index in [1.54, 1.807) is 7.05 Å². The number of carbonyl (C=O) groups excluding carboxylic acids is 1. The molecule has 0 saturated heterocycles. The Morgan fingerprint density at radius 1 is 1.07 bits per heavy atom. The molecule has 4 rings (SSSR count). The van der Waals surface area contributed by atoms with Crippen LogP contribution in [0.3, 0.4) is 0 Å². The van der Waals surface area contributed by atoms with Gasteiger partial charge >= 0.3 is 0 Å². The van der Waals surface area contributed by atoms with E-state index in [1.165, 1.54) is 11.1 Å². The molecule has 1 atom stereocenters. The van der Waals surface area contributed by atoms with E-state index in [2.05, 4.69) is 51.8 Å². The molecule has 0 bridgehead atoms. The molecule has 2 aromatic carbocycles. The molecular weight excluding hydrogens is 338 g/mol.